The van der Waals surface area contributed by atoms with E-state index in [1.807, 2.05) is 0 Å². The third-order valence-electron chi connectivity index (χ3n) is 2.08. The van der Waals surface area contributed by atoms with Crippen molar-refractivity contribution < 1.29 is 32.3 Å². The highest BCUT2D eigenvalue weighted by molar-refractivity contribution is 7.89. The molecule has 0 bridgehead atoms. The Bertz CT molecular complexity index is 606. The van der Waals surface area contributed by atoms with Gasteiger partial charge in [0.05, 0.1) is 18.8 Å². The van der Waals surface area contributed by atoms with Crippen molar-refractivity contribution in [3.63, 3.8) is 0 Å². The summed E-state index contributed by atoms with van der Waals surface area (Å²) >= 11 is 5.57. The smallest absolute Gasteiger partial charge is 0.338 e. The Hall–Kier alpha value is -1.26. The van der Waals surface area contributed by atoms with Gasteiger partial charge in [-0.3, -0.25) is 4.84 Å². The molecule has 1 aromatic rings. The van der Waals surface area contributed by atoms with Crippen molar-refractivity contribution >= 4 is 27.6 Å². The van der Waals surface area contributed by atoms with E-state index >= 15 is 0 Å². The number of nitrogens with one attached hydrogen (secondary N) is 1. The lowest BCUT2D eigenvalue weighted by molar-refractivity contribution is 0.0437. The number of ether oxygens (including phenoxy) is 1. The molecule has 0 aromatic heterocycles. The van der Waals surface area contributed by atoms with Gasteiger partial charge in [-0.25, -0.2) is 17.6 Å². The molecule has 1 rings (SSSR count). The second kappa shape index (κ2) is 6.95. The molecule has 10 heteroatoms. The van der Waals surface area contributed by atoms with Crippen LogP contribution >= 0.6 is 11.6 Å². The minimum absolute atomic E-state index is 0.107. The fraction of sp³-hybridized carbons (Fsp3) is 0.300. The molecule has 0 aliphatic heterocycles. The van der Waals surface area contributed by atoms with Crippen molar-refractivity contribution in [3.05, 3.63) is 28.5 Å². The van der Waals surface area contributed by atoms with Gasteiger partial charge in [-0.1, -0.05) is 16.5 Å². The van der Waals surface area contributed by atoms with Crippen LogP contribution < -0.4 is 4.89 Å². The van der Waals surface area contributed by atoms with Crippen LogP contribution in [0.1, 0.15) is 10.4 Å². The Labute approximate surface area is 119 Å². The van der Waals surface area contributed by atoms with Crippen LogP contribution in [0.5, 0.6) is 0 Å². The van der Waals surface area contributed by atoms with Gasteiger partial charge in [0.25, 0.3) is 10.0 Å². The maximum atomic E-state index is 13.8. The molecular weight excluding hydrogens is 317 g/mol. The van der Waals surface area contributed by atoms with Crippen LogP contribution in [0.4, 0.5) is 4.39 Å². The number of methoxy groups -OCH3 is 1. The molecule has 0 atom stereocenters. The van der Waals surface area contributed by atoms with Crippen LogP contribution in [0, 0.1) is 5.82 Å². The van der Waals surface area contributed by atoms with Crippen LogP contribution in [-0.4, -0.2) is 39.8 Å². The lowest BCUT2D eigenvalue weighted by atomic mass is 10.2. The summed E-state index contributed by atoms with van der Waals surface area (Å²) < 4.78 is 42.0. The third kappa shape index (κ3) is 4.12. The molecule has 0 amide bonds. The maximum absolute atomic E-state index is 13.8. The van der Waals surface area contributed by atoms with Gasteiger partial charge < -0.3 is 9.84 Å². The second-order valence-electron chi connectivity index (χ2n) is 3.50. The number of carbonyl (C=O) groups is 1. The van der Waals surface area contributed by atoms with Crippen LogP contribution in [0.2, 0.25) is 5.02 Å². The molecule has 0 saturated carbocycles. The van der Waals surface area contributed by atoms with E-state index in [0.29, 0.717) is 0 Å². The molecule has 1 aromatic carbocycles. The van der Waals surface area contributed by atoms with Crippen LogP contribution in [-0.2, 0) is 19.6 Å². The first-order chi connectivity index (χ1) is 9.29. The quantitative estimate of drug-likeness (QED) is 0.573. The Morgan fingerprint density at radius 2 is 2.10 bits per heavy atom. The normalized spacial score (nSPS) is 11.6. The molecule has 0 heterocycles. The minimum Gasteiger partial charge on any atom is -0.478 e. The monoisotopic (exact) mass is 327 g/mol. The highest BCUT2D eigenvalue weighted by atomic mass is 35.5. The van der Waals surface area contributed by atoms with Gasteiger partial charge in [0.15, 0.2) is 5.82 Å². The fourth-order valence-electron chi connectivity index (χ4n) is 1.20. The van der Waals surface area contributed by atoms with Crippen molar-refractivity contribution in [1.82, 2.24) is 4.89 Å². The van der Waals surface area contributed by atoms with Crippen LogP contribution in [0.15, 0.2) is 17.0 Å². The topological polar surface area (TPSA) is 102 Å². The fourth-order valence-corrected chi connectivity index (χ4v) is 2.44. The number of benzene rings is 1. The van der Waals surface area contributed by atoms with Crippen LogP contribution in [0.25, 0.3) is 0 Å². The highest BCUT2D eigenvalue weighted by Gasteiger charge is 2.25. The average molecular weight is 328 g/mol. The van der Waals surface area contributed by atoms with Crippen molar-refractivity contribution in [2.75, 3.05) is 20.3 Å². The molecule has 2 N–H and O–H groups in total. The molecule has 7 nitrogen and oxygen atoms in total. The summed E-state index contributed by atoms with van der Waals surface area (Å²) in [5.74, 6) is -3.06. The molecule has 0 saturated heterocycles. The van der Waals surface area contributed by atoms with E-state index in [1.165, 1.54) is 7.11 Å². The number of hydrogen-bond donors (Lipinski definition) is 2. The van der Waals surface area contributed by atoms with E-state index in [2.05, 4.69) is 9.57 Å². The molecule has 0 spiro atoms. The van der Waals surface area contributed by atoms with E-state index in [4.69, 9.17) is 16.7 Å². The molecule has 0 unspecified atom stereocenters. The largest absolute Gasteiger partial charge is 0.478 e. The van der Waals surface area contributed by atoms with Gasteiger partial charge in [0.2, 0.25) is 0 Å². The van der Waals surface area contributed by atoms with Gasteiger partial charge in [-0.15, -0.1) is 0 Å². The molecule has 0 fully saturated rings. The van der Waals surface area contributed by atoms with Gasteiger partial charge in [0.1, 0.15) is 4.90 Å². The number of aromatic carboxylic acids is 1. The standard InChI is InChI=1S/C10H11ClFNO6S/c1-18-2-3-19-13-20(16,17)8-5-6(11)4-7(9(8)12)10(14)15/h4-5,13H,2-3H2,1H3,(H,14,15). The predicted molar refractivity (Wildman–Crippen MR) is 66.5 cm³/mol. The summed E-state index contributed by atoms with van der Waals surface area (Å²) in [6, 6.07) is 1.59. The van der Waals surface area contributed by atoms with E-state index in [-0.39, 0.29) is 18.2 Å². The molecule has 0 aliphatic rings. The first-order valence-corrected chi connectivity index (χ1v) is 7.00. The molecule has 20 heavy (non-hydrogen) atoms. The first-order valence-electron chi connectivity index (χ1n) is 5.14. The molecule has 0 radical (unpaired) electrons. The number of sulfonamides is 1. The highest BCUT2D eigenvalue weighted by Crippen LogP contribution is 2.23. The summed E-state index contributed by atoms with van der Waals surface area (Å²) in [4.78, 5) is 16.1. The number of halogens is 2. The summed E-state index contributed by atoms with van der Waals surface area (Å²) in [5.41, 5.74) is -0.852. The van der Waals surface area contributed by atoms with E-state index in [1.54, 1.807) is 4.89 Å². The summed E-state index contributed by atoms with van der Waals surface area (Å²) in [6.07, 6.45) is 0. The van der Waals surface area contributed by atoms with Crippen LogP contribution in [0.3, 0.4) is 0 Å². The zero-order chi connectivity index (χ0) is 15.3. The molecular formula is C10H11ClFNO6S. The number of carboxylic acids is 1. The predicted octanol–water partition coefficient (Wildman–Crippen LogP) is 1.03. The second-order valence-corrected chi connectivity index (χ2v) is 5.55. The summed E-state index contributed by atoms with van der Waals surface area (Å²) in [7, 11) is -3.02. The zero-order valence-electron chi connectivity index (χ0n) is 10.2. The van der Waals surface area contributed by atoms with E-state index < -0.39 is 32.3 Å². The Morgan fingerprint density at radius 1 is 1.45 bits per heavy atom. The SMILES string of the molecule is COCCONS(=O)(=O)c1cc(Cl)cc(C(=O)O)c1F. The van der Waals surface area contributed by atoms with Gasteiger partial charge in [-0.2, -0.15) is 0 Å². The lowest BCUT2D eigenvalue weighted by Crippen LogP contribution is -2.27. The third-order valence-corrected chi connectivity index (χ3v) is 3.51. The van der Waals surface area contributed by atoms with Crippen molar-refractivity contribution in [3.8, 4) is 0 Å². The Kier molecular flexibility index (Phi) is 5.84. The minimum atomic E-state index is -4.40. The van der Waals surface area contributed by atoms with E-state index in [0.717, 1.165) is 12.1 Å². The lowest BCUT2D eigenvalue weighted by Gasteiger charge is -2.09. The number of carboxylic acid groups (broad SMARTS) is 1. The number of hydrogen-bond acceptors (Lipinski definition) is 5. The van der Waals surface area contributed by atoms with Crippen molar-refractivity contribution in [2.24, 2.45) is 0 Å². The average Bonchev–Trinajstić information content (AvgIpc) is 2.36. The molecule has 0 aliphatic carbocycles. The molecule has 112 valence electrons. The van der Waals surface area contributed by atoms with Gasteiger partial charge in [-0.05, 0) is 12.1 Å². The van der Waals surface area contributed by atoms with Gasteiger partial charge in [0, 0.05) is 12.1 Å². The summed E-state index contributed by atoms with van der Waals surface area (Å²) in [6.45, 7) is 0.00459. The van der Waals surface area contributed by atoms with Gasteiger partial charge >= 0.3 is 5.97 Å². The Morgan fingerprint density at radius 3 is 2.65 bits per heavy atom. The van der Waals surface area contributed by atoms with E-state index in [9.17, 15) is 17.6 Å². The Balaban J connectivity index is 3.09. The number of rotatable bonds is 7. The maximum Gasteiger partial charge on any atom is 0.338 e. The van der Waals surface area contributed by atoms with Crippen molar-refractivity contribution in [1.29, 1.82) is 0 Å². The summed E-state index contributed by atoms with van der Waals surface area (Å²) in [5, 5.41) is 8.53. The zero-order valence-corrected chi connectivity index (χ0v) is 11.8. The first kappa shape index (κ1) is 16.8. The van der Waals surface area contributed by atoms with Crippen molar-refractivity contribution in [2.45, 2.75) is 4.90 Å².